The summed E-state index contributed by atoms with van der Waals surface area (Å²) in [5, 5.41) is 5.26. The lowest BCUT2D eigenvalue weighted by Crippen LogP contribution is -2.30. The van der Waals surface area contributed by atoms with Crippen molar-refractivity contribution in [1.29, 1.82) is 0 Å². The summed E-state index contributed by atoms with van der Waals surface area (Å²) in [6, 6.07) is 0.00102. The van der Waals surface area contributed by atoms with Crippen LogP contribution in [-0.4, -0.2) is 43.5 Å². The molecule has 1 aliphatic heterocycles. The standard InChI is InChI=1S/C7H13N3O2/c11-6-8-2-1-4-10-5-3-9-7(10)12/h6H,1-5H2,(H,8,11)(H,9,12). The van der Waals surface area contributed by atoms with Crippen LogP contribution >= 0.6 is 0 Å². The molecule has 5 heteroatoms. The van der Waals surface area contributed by atoms with Crippen molar-refractivity contribution >= 4 is 12.4 Å². The van der Waals surface area contributed by atoms with Gasteiger partial charge in [0.1, 0.15) is 0 Å². The SMILES string of the molecule is O=CNCCCN1CCNC1=O. The average Bonchev–Trinajstić information content (AvgIpc) is 2.46. The lowest BCUT2D eigenvalue weighted by molar-refractivity contribution is -0.109. The summed E-state index contributed by atoms with van der Waals surface area (Å²) >= 11 is 0. The summed E-state index contributed by atoms with van der Waals surface area (Å²) in [5.74, 6) is 0. The molecule has 0 aromatic heterocycles. The molecule has 1 heterocycles. The third-order valence-corrected chi connectivity index (χ3v) is 1.78. The highest BCUT2D eigenvalue weighted by atomic mass is 16.2. The summed E-state index contributed by atoms with van der Waals surface area (Å²) in [6.45, 7) is 2.86. The highest BCUT2D eigenvalue weighted by Gasteiger charge is 2.17. The molecule has 3 amide bonds. The molecular weight excluding hydrogens is 158 g/mol. The Morgan fingerprint density at radius 3 is 3.08 bits per heavy atom. The minimum Gasteiger partial charge on any atom is -0.359 e. The fraction of sp³-hybridized carbons (Fsp3) is 0.714. The van der Waals surface area contributed by atoms with Gasteiger partial charge in [0.05, 0.1) is 0 Å². The maximum atomic E-state index is 11.0. The second-order valence-corrected chi connectivity index (χ2v) is 2.64. The normalized spacial score (nSPS) is 16.0. The first-order chi connectivity index (χ1) is 5.84. The third-order valence-electron chi connectivity index (χ3n) is 1.78. The smallest absolute Gasteiger partial charge is 0.317 e. The summed E-state index contributed by atoms with van der Waals surface area (Å²) < 4.78 is 0. The monoisotopic (exact) mass is 171 g/mol. The molecule has 0 unspecified atom stereocenters. The minimum absolute atomic E-state index is 0.00102. The number of nitrogens with zero attached hydrogens (tertiary/aromatic N) is 1. The number of hydrogen-bond donors (Lipinski definition) is 2. The van der Waals surface area contributed by atoms with Crippen molar-refractivity contribution in [3.8, 4) is 0 Å². The third kappa shape index (κ3) is 2.41. The van der Waals surface area contributed by atoms with E-state index in [1.54, 1.807) is 4.90 Å². The Bertz CT molecular complexity index is 172. The Kier molecular flexibility index (Phi) is 3.37. The Morgan fingerprint density at radius 2 is 2.50 bits per heavy atom. The molecule has 5 nitrogen and oxygen atoms in total. The first kappa shape index (κ1) is 8.83. The number of amides is 3. The zero-order valence-electron chi connectivity index (χ0n) is 6.88. The van der Waals surface area contributed by atoms with E-state index in [-0.39, 0.29) is 6.03 Å². The van der Waals surface area contributed by atoms with Crippen LogP contribution < -0.4 is 10.6 Å². The Morgan fingerprint density at radius 1 is 1.67 bits per heavy atom. The molecule has 0 atom stereocenters. The van der Waals surface area contributed by atoms with Gasteiger partial charge in [-0.05, 0) is 6.42 Å². The molecule has 0 aliphatic carbocycles. The summed E-state index contributed by atoms with van der Waals surface area (Å²) in [6.07, 6.45) is 1.48. The lowest BCUT2D eigenvalue weighted by Gasteiger charge is -2.12. The Labute approximate surface area is 71.1 Å². The Hall–Kier alpha value is -1.26. The number of hydrogen-bond acceptors (Lipinski definition) is 2. The lowest BCUT2D eigenvalue weighted by atomic mass is 10.4. The van der Waals surface area contributed by atoms with Crippen LogP contribution in [0.3, 0.4) is 0 Å². The van der Waals surface area contributed by atoms with Gasteiger partial charge in [-0.1, -0.05) is 0 Å². The van der Waals surface area contributed by atoms with E-state index in [0.29, 0.717) is 19.5 Å². The van der Waals surface area contributed by atoms with Crippen LogP contribution in [0.1, 0.15) is 6.42 Å². The molecule has 0 saturated carbocycles. The van der Waals surface area contributed by atoms with E-state index >= 15 is 0 Å². The summed E-state index contributed by atoms with van der Waals surface area (Å²) in [4.78, 5) is 22.6. The first-order valence-corrected chi connectivity index (χ1v) is 4.04. The van der Waals surface area contributed by atoms with Crippen LogP contribution in [-0.2, 0) is 4.79 Å². The molecule has 1 aliphatic rings. The number of carbonyl (C=O) groups excluding carboxylic acids is 2. The highest BCUT2D eigenvalue weighted by molar-refractivity contribution is 5.76. The van der Waals surface area contributed by atoms with Crippen LogP contribution in [0.4, 0.5) is 4.79 Å². The van der Waals surface area contributed by atoms with Crippen molar-refractivity contribution < 1.29 is 9.59 Å². The molecular formula is C7H13N3O2. The van der Waals surface area contributed by atoms with Gasteiger partial charge in [0.2, 0.25) is 6.41 Å². The maximum absolute atomic E-state index is 11.0. The largest absolute Gasteiger partial charge is 0.359 e. The molecule has 68 valence electrons. The molecule has 0 aromatic rings. The van der Waals surface area contributed by atoms with Crippen molar-refractivity contribution in [1.82, 2.24) is 15.5 Å². The molecule has 0 bridgehead atoms. The predicted molar refractivity (Wildman–Crippen MR) is 43.7 cm³/mol. The van der Waals surface area contributed by atoms with E-state index in [1.807, 2.05) is 0 Å². The van der Waals surface area contributed by atoms with Gasteiger partial charge in [-0.2, -0.15) is 0 Å². The van der Waals surface area contributed by atoms with Gasteiger partial charge in [-0.15, -0.1) is 0 Å². The van der Waals surface area contributed by atoms with Gasteiger partial charge in [-0.25, -0.2) is 4.79 Å². The Balaban J connectivity index is 2.06. The molecule has 0 aromatic carbocycles. The average molecular weight is 171 g/mol. The van der Waals surface area contributed by atoms with Gasteiger partial charge in [-0.3, -0.25) is 4.79 Å². The zero-order chi connectivity index (χ0) is 8.81. The number of nitrogens with one attached hydrogen (secondary N) is 2. The highest BCUT2D eigenvalue weighted by Crippen LogP contribution is 1.96. The molecule has 0 spiro atoms. The van der Waals surface area contributed by atoms with Gasteiger partial charge in [0.15, 0.2) is 0 Å². The first-order valence-electron chi connectivity index (χ1n) is 4.04. The van der Waals surface area contributed by atoms with Gasteiger partial charge >= 0.3 is 6.03 Å². The second-order valence-electron chi connectivity index (χ2n) is 2.64. The van der Waals surface area contributed by atoms with E-state index in [4.69, 9.17) is 0 Å². The molecule has 1 fully saturated rings. The van der Waals surface area contributed by atoms with E-state index < -0.39 is 0 Å². The molecule has 12 heavy (non-hydrogen) atoms. The van der Waals surface area contributed by atoms with E-state index in [2.05, 4.69) is 10.6 Å². The van der Waals surface area contributed by atoms with Crippen LogP contribution in [0.2, 0.25) is 0 Å². The molecule has 1 rings (SSSR count). The van der Waals surface area contributed by atoms with Crippen LogP contribution in [0.5, 0.6) is 0 Å². The van der Waals surface area contributed by atoms with E-state index in [0.717, 1.165) is 19.5 Å². The predicted octanol–water partition coefficient (Wildman–Crippen LogP) is -0.852. The molecule has 1 saturated heterocycles. The van der Waals surface area contributed by atoms with E-state index in [9.17, 15) is 9.59 Å². The van der Waals surface area contributed by atoms with Crippen molar-refractivity contribution in [3.63, 3.8) is 0 Å². The van der Waals surface area contributed by atoms with E-state index in [1.165, 1.54) is 0 Å². The summed E-state index contributed by atoms with van der Waals surface area (Å²) in [7, 11) is 0. The van der Waals surface area contributed by atoms with Crippen LogP contribution in [0, 0.1) is 0 Å². The fourth-order valence-electron chi connectivity index (χ4n) is 1.16. The minimum atomic E-state index is 0.00102. The van der Waals surface area contributed by atoms with Gasteiger partial charge in [0.25, 0.3) is 0 Å². The van der Waals surface area contributed by atoms with Crippen molar-refractivity contribution in [2.24, 2.45) is 0 Å². The van der Waals surface area contributed by atoms with Crippen molar-refractivity contribution in [2.75, 3.05) is 26.2 Å². The number of carbonyl (C=O) groups is 2. The number of rotatable bonds is 5. The van der Waals surface area contributed by atoms with Crippen molar-refractivity contribution in [3.05, 3.63) is 0 Å². The topological polar surface area (TPSA) is 61.4 Å². The van der Waals surface area contributed by atoms with Gasteiger partial charge in [0, 0.05) is 26.2 Å². The molecule has 2 N–H and O–H groups in total. The van der Waals surface area contributed by atoms with Crippen molar-refractivity contribution in [2.45, 2.75) is 6.42 Å². The van der Waals surface area contributed by atoms with Crippen LogP contribution in [0.25, 0.3) is 0 Å². The molecule has 0 radical (unpaired) electrons. The number of urea groups is 1. The maximum Gasteiger partial charge on any atom is 0.317 e. The second kappa shape index (κ2) is 4.58. The fourth-order valence-corrected chi connectivity index (χ4v) is 1.16. The van der Waals surface area contributed by atoms with Gasteiger partial charge < -0.3 is 15.5 Å². The van der Waals surface area contributed by atoms with Crippen LogP contribution in [0.15, 0.2) is 0 Å². The zero-order valence-corrected chi connectivity index (χ0v) is 6.88. The quantitative estimate of drug-likeness (QED) is 0.418. The summed E-state index contributed by atoms with van der Waals surface area (Å²) in [5.41, 5.74) is 0.